The fourth-order valence-corrected chi connectivity index (χ4v) is 1.26. The summed E-state index contributed by atoms with van der Waals surface area (Å²) in [5.41, 5.74) is 0.0303. The first-order valence-corrected chi connectivity index (χ1v) is 5.08. The van der Waals surface area contributed by atoms with Crippen molar-refractivity contribution in [3.63, 3.8) is 0 Å². The van der Waals surface area contributed by atoms with E-state index >= 15 is 0 Å². The number of carbonyl (C=O) groups excluding carboxylic acids is 3. The first-order chi connectivity index (χ1) is 8.53. The molecule has 0 saturated carbocycles. The maximum atomic E-state index is 11.5. The third-order valence-corrected chi connectivity index (χ3v) is 2.17. The second-order valence-electron chi connectivity index (χ2n) is 3.28. The van der Waals surface area contributed by atoms with E-state index in [1.54, 1.807) is 0 Å². The van der Waals surface area contributed by atoms with Crippen LogP contribution in [0.5, 0.6) is 0 Å². The van der Waals surface area contributed by atoms with Crippen LogP contribution in [0.2, 0.25) is 0 Å². The van der Waals surface area contributed by atoms with Crippen LogP contribution in [0.3, 0.4) is 0 Å². The van der Waals surface area contributed by atoms with E-state index in [-0.39, 0.29) is 17.0 Å². The number of nitrogens with one attached hydrogen (secondary N) is 2. The second kappa shape index (κ2) is 5.76. The lowest BCUT2D eigenvalue weighted by Crippen LogP contribution is -2.24. The summed E-state index contributed by atoms with van der Waals surface area (Å²) in [7, 11) is 4.06. The predicted octanol–water partition coefficient (Wildman–Crippen LogP) is -0.413. The normalized spacial score (nSPS) is 9.50. The van der Waals surface area contributed by atoms with Gasteiger partial charge in [-0.3, -0.25) is 9.59 Å². The van der Waals surface area contributed by atoms with E-state index in [4.69, 9.17) is 0 Å². The highest BCUT2D eigenvalue weighted by atomic mass is 16.5. The highest BCUT2D eigenvalue weighted by Crippen LogP contribution is 2.08. The summed E-state index contributed by atoms with van der Waals surface area (Å²) in [6.07, 6.45) is 0. The highest BCUT2D eigenvalue weighted by molar-refractivity contribution is 6.00. The Hall–Kier alpha value is -2.44. The SMILES string of the molecule is CNC(=O)c1cc(C(=O)OC)cc(C(=O)NC)n1. The number of pyridine rings is 1. The molecule has 1 aromatic heterocycles. The highest BCUT2D eigenvalue weighted by Gasteiger charge is 2.16. The average Bonchev–Trinajstić information content (AvgIpc) is 2.43. The minimum Gasteiger partial charge on any atom is -0.465 e. The third kappa shape index (κ3) is 2.82. The Bertz CT molecular complexity index is 415. The van der Waals surface area contributed by atoms with Crippen molar-refractivity contribution in [1.82, 2.24) is 15.6 Å². The number of hydrogen-bond donors (Lipinski definition) is 2. The Morgan fingerprint density at radius 1 is 1.06 bits per heavy atom. The number of amides is 2. The van der Waals surface area contributed by atoms with Crippen LogP contribution in [-0.4, -0.2) is 44.0 Å². The maximum absolute atomic E-state index is 11.5. The molecule has 7 heteroatoms. The van der Waals surface area contributed by atoms with Gasteiger partial charge in [-0.25, -0.2) is 9.78 Å². The molecule has 2 N–H and O–H groups in total. The van der Waals surface area contributed by atoms with Crippen molar-refractivity contribution in [2.75, 3.05) is 21.2 Å². The van der Waals surface area contributed by atoms with Gasteiger partial charge < -0.3 is 15.4 Å². The van der Waals surface area contributed by atoms with Gasteiger partial charge in [-0.2, -0.15) is 0 Å². The minimum atomic E-state index is -0.646. The molecule has 0 aliphatic heterocycles. The summed E-state index contributed by atoms with van der Waals surface area (Å²) < 4.78 is 4.54. The quantitative estimate of drug-likeness (QED) is 0.711. The molecule has 96 valence electrons. The average molecular weight is 251 g/mol. The third-order valence-electron chi connectivity index (χ3n) is 2.17. The van der Waals surface area contributed by atoms with E-state index in [1.165, 1.54) is 33.3 Å². The fourth-order valence-electron chi connectivity index (χ4n) is 1.26. The summed E-state index contributed by atoms with van der Waals surface area (Å²) in [6, 6.07) is 2.52. The Morgan fingerprint density at radius 3 is 1.83 bits per heavy atom. The lowest BCUT2D eigenvalue weighted by atomic mass is 10.1. The smallest absolute Gasteiger partial charge is 0.338 e. The summed E-state index contributed by atoms with van der Waals surface area (Å²) in [5.74, 6) is -1.63. The van der Waals surface area contributed by atoms with Gasteiger partial charge in [0.2, 0.25) is 0 Å². The van der Waals surface area contributed by atoms with E-state index in [0.717, 1.165) is 0 Å². The van der Waals surface area contributed by atoms with Gasteiger partial charge in [0.05, 0.1) is 12.7 Å². The molecule has 0 atom stereocenters. The lowest BCUT2D eigenvalue weighted by Gasteiger charge is -2.06. The van der Waals surface area contributed by atoms with Crippen molar-refractivity contribution in [2.45, 2.75) is 0 Å². The van der Waals surface area contributed by atoms with E-state index in [2.05, 4.69) is 20.4 Å². The van der Waals surface area contributed by atoms with Crippen LogP contribution in [0.15, 0.2) is 12.1 Å². The first kappa shape index (κ1) is 13.6. The molecule has 0 unspecified atom stereocenters. The number of hydrogen-bond acceptors (Lipinski definition) is 5. The van der Waals surface area contributed by atoms with Gasteiger partial charge >= 0.3 is 5.97 Å². The van der Waals surface area contributed by atoms with Crippen molar-refractivity contribution in [3.05, 3.63) is 29.1 Å². The zero-order valence-electron chi connectivity index (χ0n) is 10.2. The number of esters is 1. The summed E-state index contributed by atoms with van der Waals surface area (Å²) in [4.78, 5) is 38.3. The van der Waals surface area contributed by atoms with Crippen molar-refractivity contribution < 1.29 is 19.1 Å². The van der Waals surface area contributed by atoms with Crippen molar-refractivity contribution in [1.29, 1.82) is 0 Å². The second-order valence-corrected chi connectivity index (χ2v) is 3.28. The number of methoxy groups -OCH3 is 1. The van der Waals surface area contributed by atoms with Gasteiger partial charge in [0, 0.05) is 14.1 Å². The van der Waals surface area contributed by atoms with Gasteiger partial charge in [-0.15, -0.1) is 0 Å². The molecule has 0 bridgehead atoms. The Labute approximate surface area is 104 Å². The van der Waals surface area contributed by atoms with Gasteiger partial charge in [-0.05, 0) is 12.1 Å². The molecule has 1 aromatic rings. The number of rotatable bonds is 3. The molecule has 0 aromatic carbocycles. The molecule has 2 amide bonds. The molecular formula is C11H13N3O4. The summed E-state index contributed by atoms with van der Waals surface area (Å²) in [5, 5.41) is 4.73. The van der Waals surface area contributed by atoms with Gasteiger partial charge in [0.15, 0.2) is 0 Å². The van der Waals surface area contributed by atoms with Gasteiger partial charge in [-0.1, -0.05) is 0 Å². The van der Waals surface area contributed by atoms with Crippen LogP contribution in [0.1, 0.15) is 31.3 Å². The topological polar surface area (TPSA) is 97.4 Å². The Kier molecular flexibility index (Phi) is 4.36. The van der Waals surface area contributed by atoms with Crippen LogP contribution in [0.25, 0.3) is 0 Å². The van der Waals surface area contributed by atoms with Crippen molar-refractivity contribution >= 4 is 17.8 Å². The molecule has 0 aliphatic carbocycles. The molecule has 0 fully saturated rings. The zero-order chi connectivity index (χ0) is 13.7. The molecule has 18 heavy (non-hydrogen) atoms. The molecule has 0 spiro atoms. The standard InChI is InChI=1S/C11H13N3O4/c1-12-9(15)7-4-6(11(17)18-3)5-8(14-7)10(16)13-2/h4-5H,1-3H3,(H,12,15)(H,13,16). The summed E-state index contributed by atoms with van der Waals surface area (Å²) >= 11 is 0. The van der Waals surface area contributed by atoms with Crippen LogP contribution >= 0.6 is 0 Å². The number of nitrogens with zero attached hydrogens (tertiary/aromatic N) is 1. The molecule has 0 saturated heterocycles. The molecular weight excluding hydrogens is 238 g/mol. The van der Waals surface area contributed by atoms with Crippen LogP contribution in [0, 0.1) is 0 Å². The predicted molar refractivity (Wildman–Crippen MR) is 62.4 cm³/mol. The van der Waals surface area contributed by atoms with Crippen LogP contribution < -0.4 is 10.6 Å². The van der Waals surface area contributed by atoms with E-state index in [0.29, 0.717) is 0 Å². The summed E-state index contributed by atoms with van der Waals surface area (Å²) in [6.45, 7) is 0. The minimum absolute atomic E-state index is 0.0287. The van der Waals surface area contributed by atoms with Crippen molar-refractivity contribution in [3.8, 4) is 0 Å². The van der Waals surface area contributed by atoms with Crippen LogP contribution in [-0.2, 0) is 4.74 Å². The van der Waals surface area contributed by atoms with Crippen molar-refractivity contribution in [2.24, 2.45) is 0 Å². The van der Waals surface area contributed by atoms with Gasteiger partial charge in [0.25, 0.3) is 11.8 Å². The first-order valence-electron chi connectivity index (χ1n) is 5.08. The largest absolute Gasteiger partial charge is 0.465 e. The zero-order valence-corrected chi connectivity index (χ0v) is 10.2. The molecule has 1 rings (SSSR count). The monoisotopic (exact) mass is 251 g/mol. The van der Waals surface area contributed by atoms with E-state index < -0.39 is 17.8 Å². The molecule has 7 nitrogen and oxygen atoms in total. The van der Waals surface area contributed by atoms with E-state index in [1.807, 2.05) is 0 Å². The van der Waals surface area contributed by atoms with Gasteiger partial charge in [0.1, 0.15) is 11.4 Å². The molecule has 1 heterocycles. The van der Waals surface area contributed by atoms with E-state index in [9.17, 15) is 14.4 Å². The molecule has 0 aliphatic rings. The number of aromatic nitrogens is 1. The number of carbonyl (C=O) groups is 3. The Morgan fingerprint density at radius 2 is 1.50 bits per heavy atom. The van der Waals surface area contributed by atoms with Crippen LogP contribution in [0.4, 0.5) is 0 Å². The Balaban J connectivity index is 3.32. The molecule has 0 radical (unpaired) electrons. The fraction of sp³-hybridized carbons (Fsp3) is 0.273. The maximum Gasteiger partial charge on any atom is 0.338 e. The lowest BCUT2D eigenvalue weighted by molar-refractivity contribution is 0.0600. The number of ether oxygens (including phenoxy) is 1.